The van der Waals surface area contributed by atoms with Crippen molar-refractivity contribution in [1.82, 2.24) is 14.4 Å². The van der Waals surface area contributed by atoms with Gasteiger partial charge in [0.25, 0.3) is 5.78 Å². The third kappa shape index (κ3) is 4.27. The summed E-state index contributed by atoms with van der Waals surface area (Å²) >= 11 is 1.06. The Morgan fingerprint density at radius 3 is 2.26 bits per heavy atom. The minimum atomic E-state index is -0.949. The number of aliphatic hydroxyl groups is 1. The molecular formula is C30H30N4O4S. The summed E-state index contributed by atoms with van der Waals surface area (Å²) in [6.45, 7) is 13.2. The highest BCUT2D eigenvalue weighted by Crippen LogP contribution is 2.44. The number of carbonyl (C=O) groups excluding carboxylic acids is 3. The quantitative estimate of drug-likeness (QED) is 0.150. The summed E-state index contributed by atoms with van der Waals surface area (Å²) < 4.78 is 1.84. The zero-order valence-corrected chi connectivity index (χ0v) is 23.8. The molecule has 0 radical (unpaired) electrons. The molecule has 1 N–H and O–H groups in total. The predicted octanol–water partition coefficient (Wildman–Crippen LogP) is 5.84. The van der Waals surface area contributed by atoms with E-state index >= 15 is 0 Å². The minimum absolute atomic E-state index is 0.0649. The van der Waals surface area contributed by atoms with Crippen LogP contribution in [0.2, 0.25) is 0 Å². The van der Waals surface area contributed by atoms with Gasteiger partial charge in [0.15, 0.2) is 16.7 Å². The van der Waals surface area contributed by atoms with E-state index in [0.717, 1.165) is 22.5 Å². The van der Waals surface area contributed by atoms with Crippen LogP contribution in [0.25, 0.3) is 11.4 Å². The molecule has 0 spiro atoms. The second kappa shape index (κ2) is 9.27. The fraction of sp³-hybridized carbons (Fsp3) is 0.300. The summed E-state index contributed by atoms with van der Waals surface area (Å²) in [4.78, 5) is 50.2. The van der Waals surface area contributed by atoms with Crippen molar-refractivity contribution in [2.24, 2.45) is 0 Å². The van der Waals surface area contributed by atoms with Gasteiger partial charge >= 0.3 is 5.91 Å². The molecular weight excluding hydrogens is 512 g/mol. The fourth-order valence-corrected chi connectivity index (χ4v) is 5.99. The van der Waals surface area contributed by atoms with E-state index in [1.165, 1.54) is 11.8 Å². The molecule has 3 aromatic heterocycles. The first-order chi connectivity index (χ1) is 18.3. The Balaban J connectivity index is 1.76. The van der Waals surface area contributed by atoms with Crippen LogP contribution in [0.3, 0.4) is 0 Å². The van der Waals surface area contributed by atoms with Crippen LogP contribution in [0.15, 0.2) is 48.2 Å². The number of Topliss-reactive ketones (excluding diaryl/α,β-unsaturated/α-hetero) is 2. The number of nitrogens with zero attached hydrogens (tertiary/aromatic N) is 4. The number of pyridine rings is 1. The number of aryl methyl sites for hydroxylation is 3. The zero-order chi connectivity index (χ0) is 28.4. The summed E-state index contributed by atoms with van der Waals surface area (Å²) in [5.41, 5.74) is 4.47. The van der Waals surface area contributed by atoms with Gasteiger partial charge in [-0.3, -0.25) is 19.3 Å². The highest BCUT2D eigenvalue weighted by Gasteiger charge is 2.49. The second-order valence-electron chi connectivity index (χ2n) is 10.9. The van der Waals surface area contributed by atoms with Crippen molar-refractivity contribution in [2.45, 2.75) is 59.9 Å². The Bertz CT molecular complexity index is 1700. The molecule has 9 heteroatoms. The van der Waals surface area contributed by atoms with Gasteiger partial charge in [0.05, 0.1) is 27.9 Å². The van der Waals surface area contributed by atoms with E-state index in [9.17, 15) is 19.5 Å². The first kappa shape index (κ1) is 26.5. The van der Waals surface area contributed by atoms with Gasteiger partial charge in [-0.2, -0.15) is 0 Å². The van der Waals surface area contributed by atoms with Crippen LogP contribution in [0.1, 0.15) is 77.2 Å². The zero-order valence-electron chi connectivity index (χ0n) is 23.0. The average Bonchev–Trinajstić information content (AvgIpc) is 3.51. The molecule has 1 atom stereocenters. The summed E-state index contributed by atoms with van der Waals surface area (Å²) in [5.74, 6) is -2.17. The monoisotopic (exact) mass is 542 g/mol. The summed E-state index contributed by atoms with van der Waals surface area (Å²) in [6.07, 6.45) is 1.84. The van der Waals surface area contributed by atoms with E-state index in [1.807, 2.05) is 53.9 Å². The molecule has 5 rings (SSSR count). The molecule has 1 fully saturated rings. The first-order valence-electron chi connectivity index (χ1n) is 12.7. The number of ketones is 2. The topological polar surface area (TPSA) is 105 Å². The lowest BCUT2D eigenvalue weighted by Gasteiger charge is -2.24. The predicted molar refractivity (Wildman–Crippen MR) is 151 cm³/mol. The lowest BCUT2D eigenvalue weighted by molar-refractivity contribution is -0.132. The molecule has 39 heavy (non-hydrogen) atoms. The Labute approximate surface area is 230 Å². The van der Waals surface area contributed by atoms with E-state index in [4.69, 9.17) is 0 Å². The average molecular weight is 543 g/mol. The van der Waals surface area contributed by atoms with Crippen LogP contribution in [0.4, 0.5) is 5.13 Å². The van der Waals surface area contributed by atoms with Gasteiger partial charge in [-0.1, -0.05) is 62.4 Å². The van der Waals surface area contributed by atoms with Crippen molar-refractivity contribution < 1.29 is 19.5 Å². The normalized spacial score (nSPS) is 17.4. The van der Waals surface area contributed by atoms with Gasteiger partial charge in [-0.15, -0.1) is 0 Å². The molecule has 0 bridgehead atoms. The molecule has 1 saturated heterocycles. The molecule has 1 aliphatic rings. The lowest BCUT2D eigenvalue weighted by atomic mass is 9.85. The smallest absolute Gasteiger partial charge is 0.301 e. The van der Waals surface area contributed by atoms with Crippen LogP contribution < -0.4 is 4.90 Å². The number of rotatable bonds is 4. The SMILES string of the molecule is CC(=O)c1sc(N2C(=O)C(=O)C(=C(O)c3nc4c(C)cccn4c3C)C2c2ccc(C(C)(C)C)cc2)nc1C. The van der Waals surface area contributed by atoms with Crippen molar-refractivity contribution in [1.29, 1.82) is 0 Å². The maximum atomic E-state index is 13.6. The number of amides is 1. The Morgan fingerprint density at radius 2 is 1.69 bits per heavy atom. The summed E-state index contributed by atoms with van der Waals surface area (Å²) in [7, 11) is 0. The van der Waals surface area contributed by atoms with Crippen molar-refractivity contribution in [3.05, 3.63) is 86.8 Å². The summed E-state index contributed by atoms with van der Waals surface area (Å²) in [5, 5.41) is 11.9. The van der Waals surface area contributed by atoms with Gasteiger partial charge < -0.3 is 9.51 Å². The highest BCUT2D eigenvalue weighted by molar-refractivity contribution is 7.18. The van der Waals surface area contributed by atoms with Gasteiger partial charge in [0.2, 0.25) is 0 Å². The minimum Gasteiger partial charge on any atom is -0.505 e. The molecule has 4 heterocycles. The largest absolute Gasteiger partial charge is 0.505 e. The molecule has 8 nitrogen and oxygen atoms in total. The van der Waals surface area contributed by atoms with Crippen molar-refractivity contribution in [2.75, 3.05) is 4.90 Å². The van der Waals surface area contributed by atoms with Gasteiger partial charge in [0, 0.05) is 13.1 Å². The third-order valence-electron chi connectivity index (χ3n) is 7.16. The van der Waals surface area contributed by atoms with E-state index in [1.54, 1.807) is 13.8 Å². The number of anilines is 1. The van der Waals surface area contributed by atoms with Crippen LogP contribution >= 0.6 is 11.3 Å². The molecule has 0 aliphatic carbocycles. The standard InChI is InChI=1S/C30H30N4O4S/c1-15-9-8-14-33-17(3)22(32-27(15)33)24(36)21-23(19-10-12-20(13-11-19)30(5,6)7)34(28(38)25(21)37)29-31-16(2)26(39-29)18(4)35/h8-14,23,36H,1-7H3. The van der Waals surface area contributed by atoms with E-state index in [0.29, 0.717) is 27.5 Å². The fourth-order valence-electron chi connectivity index (χ4n) is 5.00. The van der Waals surface area contributed by atoms with Gasteiger partial charge in [0.1, 0.15) is 11.3 Å². The number of aromatic nitrogens is 3. The highest BCUT2D eigenvalue weighted by atomic mass is 32.1. The second-order valence-corrected chi connectivity index (χ2v) is 11.9. The number of hydrogen-bond donors (Lipinski definition) is 1. The Hall–Kier alpha value is -4.11. The number of carbonyl (C=O) groups is 3. The van der Waals surface area contributed by atoms with Gasteiger partial charge in [-0.05, 0) is 48.9 Å². The van der Waals surface area contributed by atoms with E-state index < -0.39 is 17.7 Å². The van der Waals surface area contributed by atoms with Crippen LogP contribution in [-0.4, -0.2) is 36.9 Å². The maximum absolute atomic E-state index is 13.6. The first-order valence-corrected chi connectivity index (χ1v) is 13.5. The number of hydrogen-bond acceptors (Lipinski definition) is 7. The molecule has 0 saturated carbocycles. The molecule has 1 aliphatic heterocycles. The van der Waals surface area contributed by atoms with E-state index in [2.05, 4.69) is 30.7 Å². The number of aliphatic hydroxyl groups excluding tert-OH is 1. The maximum Gasteiger partial charge on any atom is 0.301 e. The van der Waals surface area contributed by atoms with E-state index in [-0.39, 0.29) is 33.4 Å². The number of imidazole rings is 1. The molecule has 200 valence electrons. The lowest BCUT2D eigenvalue weighted by Crippen LogP contribution is -2.29. The molecule has 1 amide bonds. The number of fused-ring (bicyclic) bond motifs is 1. The van der Waals surface area contributed by atoms with Crippen molar-refractivity contribution >= 4 is 45.3 Å². The molecule has 1 aromatic carbocycles. The van der Waals surface area contributed by atoms with Crippen LogP contribution in [-0.2, 0) is 15.0 Å². The van der Waals surface area contributed by atoms with Crippen molar-refractivity contribution in [3.8, 4) is 0 Å². The Morgan fingerprint density at radius 1 is 1.03 bits per heavy atom. The number of thiazole rings is 1. The molecule has 4 aromatic rings. The molecule has 1 unspecified atom stereocenters. The van der Waals surface area contributed by atoms with Gasteiger partial charge in [-0.25, -0.2) is 9.97 Å². The summed E-state index contributed by atoms with van der Waals surface area (Å²) in [6, 6.07) is 10.5. The van der Waals surface area contributed by atoms with Crippen LogP contribution in [0, 0.1) is 20.8 Å². The Kier molecular flexibility index (Phi) is 6.30. The van der Waals surface area contributed by atoms with Crippen LogP contribution in [0.5, 0.6) is 0 Å². The van der Waals surface area contributed by atoms with Crippen molar-refractivity contribution in [3.63, 3.8) is 0 Å². The third-order valence-corrected chi connectivity index (χ3v) is 8.41. The number of benzene rings is 1.